The summed E-state index contributed by atoms with van der Waals surface area (Å²) in [5.74, 6) is -2.55. The van der Waals surface area contributed by atoms with Crippen molar-refractivity contribution in [1.82, 2.24) is 15.1 Å². The number of hydrogen-bond acceptors (Lipinski definition) is 4. The molecule has 1 aromatic heterocycles. The lowest BCUT2D eigenvalue weighted by Gasteiger charge is -2.35. The zero-order valence-electron chi connectivity index (χ0n) is 13.6. The number of nitrogens with one attached hydrogen (secondary N) is 1. The highest BCUT2D eigenvalue weighted by Crippen LogP contribution is 2.28. The number of likely N-dealkylation sites (N-methyl/N-ethyl adjacent to an activating group) is 1. The minimum atomic E-state index is -2.71. The van der Waals surface area contributed by atoms with Gasteiger partial charge in [-0.15, -0.1) is 10.2 Å². The predicted molar refractivity (Wildman–Crippen MR) is 86.6 cm³/mol. The van der Waals surface area contributed by atoms with Crippen LogP contribution in [0.5, 0.6) is 0 Å². The lowest BCUT2D eigenvalue weighted by Crippen LogP contribution is -2.50. The van der Waals surface area contributed by atoms with E-state index in [1.807, 2.05) is 6.92 Å². The first kappa shape index (κ1) is 16.7. The predicted octanol–water partition coefficient (Wildman–Crippen LogP) is 3.34. The average molecular weight is 336 g/mol. The van der Waals surface area contributed by atoms with Gasteiger partial charge in [0, 0.05) is 24.6 Å². The van der Waals surface area contributed by atoms with Gasteiger partial charge in [0.25, 0.3) is 5.92 Å². The molecule has 1 aliphatic heterocycles. The maximum Gasteiger partial charge on any atom is 0.262 e. The maximum absolute atomic E-state index is 13.7. The summed E-state index contributed by atoms with van der Waals surface area (Å²) in [6, 6.07) is 7.39. The first-order valence-corrected chi connectivity index (χ1v) is 7.75. The number of aryl methyl sites for hydroxylation is 1. The molecule has 2 aromatic rings. The molecule has 1 fully saturated rings. The van der Waals surface area contributed by atoms with Crippen molar-refractivity contribution in [3.05, 3.63) is 41.7 Å². The van der Waals surface area contributed by atoms with Crippen LogP contribution in [0, 0.1) is 12.7 Å². The molecular formula is C17H19F3N4. The minimum absolute atomic E-state index is 0.223. The Balaban J connectivity index is 1.76. The normalized spacial score (nSPS) is 20.8. The fourth-order valence-electron chi connectivity index (χ4n) is 3.08. The van der Waals surface area contributed by atoms with E-state index in [-0.39, 0.29) is 24.8 Å². The number of hydrogen-bond donors (Lipinski definition) is 1. The van der Waals surface area contributed by atoms with Gasteiger partial charge in [0.1, 0.15) is 11.6 Å². The van der Waals surface area contributed by atoms with Crippen molar-refractivity contribution in [1.29, 1.82) is 0 Å². The summed E-state index contributed by atoms with van der Waals surface area (Å²) in [4.78, 5) is 1.61. The van der Waals surface area contributed by atoms with Gasteiger partial charge in [-0.1, -0.05) is 0 Å². The van der Waals surface area contributed by atoms with Crippen molar-refractivity contribution in [2.45, 2.75) is 25.3 Å². The largest absolute Gasteiger partial charge is 0.364 e. The van der Waals surface area contributed by atoms with Crippen LogP contribution in [0.15, 0.2) is 30.3 Å². The van der Waals surface area contributed by atoms with Crippen LogP contribution in [0.25, 0.3) is 11.3 Å². The third-order valence-corrected chi connectivity index (χ3v) is 4.03. The molecule has 1 aromatic carbocycles. The van der Waals surface area contributed by atoms with Crippen LogP contribution in [-0.4, -0.2) is 47.2 Å². The molecule has 0 radical (unpaired) electrons. The Bertz CT molecular complexity index is 718. The van der Waals surface area contributed by atoms with Crippen LogP contribution < -0.4 is 5.32 Å². The summed E-state index contributed by atoms with van der Waals surface area (Å²) >= 11 is 0. The first-order valence-electron chi connectivity index (χ1n) is 7.75. The molecule has 1 N–H and O–H groups in total. The summed E-state index contributed by atoms with van der Waals surface area (Å²) in [5.41, 5.74) is 2.25. The molecule has 0 saturated carbocycles. The Labute approximate surface area is 138 Å². The maximum atomic E-state index is 13.7. The summed E-state index contributed by atoms with van der Waals surface area (Å²) < 4.78 is 40.3. The second kappa shape index (κ2) is 6.39. The number of anilines is 1. The van der Waals surface area contributed by atoms with Crippen LogP contribution in [0.3, 0.4) is 0 Å². The smallest absolute Gasteiger partial charge is 0.262 e. The molecule has 0 spiro atoms. The number of rotatable bonds is 3. The minimum Gasteiger partial charge on any atom is -0.364 e. The molecule has 3 rings (SSSR count). The number of piperidine rings is 1. The number of nitrogens with zero attached hydrogens (tertiary/aromatic N) is 3. The van der Waals surface area contributed by atoms with Gasteiger partial charge in [0.15, 0.2) is 0 Å². The number of alkyl halides is 2. The van der Waals surface area contributed by atoms with Gasteiger partial charge in [-0.25, -0.2) is 13.2 Å². The lowest BCUT2D eigenvalue weighted by molar-refractivity contribution is -0.0611. The molecule has 0 amide bonds. The molecule has 1 aliphatic rings. The monoisotopic (exact) mass is 336 g/mol. The Kier molecular flexibility index (Phi) is 4.45. The van der Waals surface area contributed by atoms with Gasteiger partial charge in [0.2, 0.25) is 0 Å². The van der Waals surface area contributed by atoms with E-state index < -0.39 is 5.92 Å². The van der Waals surface area contributed by atoms with E-state index >= 15 is 0 Å². The fourth-order valence-corrected chi connectivity index (χ4v) is 3.08. The molecule has 4 nitrogen and oxygen atoms in total. The van der Waals surface area contributed by atoms with E-state index in [4.69, 9.17) is 0 Å². The Morgan fingerprint density at radius 3 is 2.54 bits per heavy atom. The van der Waals surface area contributed by atoms with Crippen molar-refractivity contribution in [2.24, 2.45) is 0 Å². The van der Waals surface area contributed by atoms with Crippen molar-refractivity contribution in [2.75, 3.05) is 25.5 Å². The standard InChI is InChI=1S/C17H19F3N4/c1-11-7-15(21-14-8-17(19,20)10-24(2)9-14)22-23-16(11)12-3-5-13(18)6-4-12/h3-7,14H,8-10H2,1-2H3,(H,21,22)/t14-/m1/s1. The third-order valence-electron chi connectivity index (χ3n) is 4.03. The van der Waals surface area contributed by atoms with Crippen molar-refractivity contribution < 1.29 is 13.2 Å². The second-order valence-corrected chi connectivity index (χ2v) is 6.37. The number of halogens is 3. The number of likely N-dealkylation sites (tertiary alicyclic amines) is 1. The molecule has 1 atom stereocenters. The quantitative estimate of drug-likeness (QED) is 0.933. The highest BCUT2D eigenvalue weighted by Gasteiger charge is 2.39. The molecule has 7 heteroatoms. The summed E-state index contributed by atoms with van der Waals surface area (Å²) in [6.07, 6.45) is -0.224. The topological polar surface area (TPSA) is 41.0 Å². The number of benzene rings is 1. The Morgan fingerprint density at radius 1 is 1.21 bits per heavy atom. The summed E-state index contributed by atoms with van der Waals surface area (Å²) in [7, 11) is 1.68. The van der Waals surface area contributed by atoms with Crippen molar-refractivity contribution in [3.8, 4) is 11.3 Å². The second-order valence-electron chi connectivity index (χ2n) is 6.37. The van der Waals surface area contributed by atoms with Crippen molar-refractivity contribution in [3.63, 3.8) is 0 Å². The van der Waals surface area contributed by atoms with Crippen molar-refractivity contribution >= 4 is 5.82 Å². The Morgan fingerprint density at radius 2 is 1.92 bits per heavy atom. The number of aromatic nitrogens is 2. The Hall–Kier alpha value is -2.15. The third kappa shape index (κ3) is 3.84. The van der Waals surface area contributed by atoms with Crippen LogP contribution in [0.4, 0.5) is 19.0 Å². The van der Waals surface area contributed by atoms with Crippen LogP contribution in [0.1, 0.15) is 12.0 Å². The van der Waals surface area contributed by atoms with Crippen LogP contribution in [0.2, 0.25) is 0 Å². The molecular weight excluding hydrogens is 317 g/mol. The molecule has 1 saturated heterocycles. The molecule has 24 heavy (non-hydrogen) atoms. The summed E-state index contributed by atoms with van der Waals surface area (Å²) in [6.45, 7) is 2.16. The summed E-state index contributed by atoms with van der Waals surface area (Å²) in [5, 5.41) is 11.3. The highest BCUT2D eigenvalue weighted by atomic mass is 19.3. The van der Waals surface area contributed by atoms with Gasteiger partial charge in [-0.2, -0.15) is 0 Å². The van der Waals surface area contributed by atoms with E-state index in [2.05, 4.69) is 15.5 Å². The zero-order valence-corrected chi connectivity index (χ0v) is 13.6. The van der Waals surface area contributed by atoms with E-state index in [1.165, 1.54) is 12.1 Å². The zero-order chi connectivity index (χ0) is 17.3. The van der Waals surface area contributed by atoms with Gasteiger partial charge in [0.05, 0.1) is 12.2 Å². The van der Waals surface area contributed by atoms with Crippen LogP contribution in [-0.2, 0) is 0 Å². The van der Waals surface area contributed by atoms with Gasteiger partial charge >= 0.3 is 0 Å². The van der Waals surface area contributed by atoms with E-state index in [0.29, 0.717) is 18.1 Å². The SMILES string of the molecule is Cc1cc(N[C@H]2CN(C)CC(F)(F)C2)nnc1-c1ccc(F)cc1. The van der Waals surface area contributed by atoms with E-state index in [0.717, 1.165) is 11.1 Å². The van der Waals surface area contributed by atoms with Crippen LogP contribution >= 0.6 is 0 Å². The molecule has 2 heterocycles. The molecule has 0 bridgehead atoms. The molecule has 0 aliphatic carbocycles. The molecule has 128 valence electrons. The average Bonchev–Trinajstić information content (AvgIpc) is 2.46. The van der Waals surface area contributed by atoms with E-state index in [1.54, 1.807) is 30.1 Å². The lowest BCUT2D eigenvalue weighted by atomic mass is 10.0. The van der Waals surface area contributed by atoms with Gasteiger partial charge < -0.3 is 5.32 Å². The van der Waals surface area contributed by atoms with Gasteiger partial charge in [-0.05, 0) is 49.9 Å². The fraction of sp³-hybridized carbons (Fsp3) is 0.412. The molecule has 0 unspecified atom stereocenters. The van der Waals surface area contributed by atoms with E-state index in [9.17, 15) is 13.2 Å². The first-order chi connectivity index (χ1) is 11.3. The van der Waals surface area contributed by atoms with Gasteiger partial charge in [-0.3, -0.25) is 4.90 Å². The highest BCUT2D eigenvalue weighted by molar-refractivity contribution is 5.63.